The van der Waals surface area contributed by atoms with Crippen LogP contribution in [-0.2, 0) is 0 Å². The lowest BCUT2D eigenvalue weighted by Gasteiger charge is -2.09. The highest BCUT2D eigenvalue weighted by molar-refractivity contribution is 5.94. The molecule has 0 aliphatic rings. The fourth-order valence-corrected chi connectivity index (χ4v) is 2.53. The molecule has 1 amide bonds. The molecule has 11 heteroatoms. The molecule has 3 aromatic rings. The number of anilines is 1. The number of rotatable bonds is 6. The van der Waals surface area contributed by atoms with Gasteiger partial charge in [-0.1, -0.05) is 12.1 Å². The van der Waals surface area contributed by atoms with E-state index in [1.54, 1.807) is 6.07 Å². The van der Waals surface area contributed by atoms with E-state index < -0.39 is 39.3 Å². The van der Waals surface area contributed by atoms with Gasteiger partial charge in [0.1, 0.15) is 22.8 Å². The maximum absolute atomic E-state index is 13.6. The van der Waals surface area contributed by atoms with Crippen molar-refractivity contribution in [3.63, 3.8) is 0 Å². The van der Waals surface area contributed by atoms with Gasteiger partial charge in [-0.3, -0.25) is 24.1 Å². The molecule has 0 saturated heterocycles. The third-order valence-electron chi connectivity index (χ3n) is 3.79. The van der Waals surface area contributed by atoms with Crippen molar-refractivity contribution < 1.29 is 18.5 Å². The van der Waals surface area contributed by atoms with Gasteiger partial charge in [-0.2, -0.15) is 0 Å². The Bertz CT molecular complexity index is 1110. The van der Waals surface area contributed by atoms with Crippen LogP contribution < -0.4 is 16.2 Å². The molecule has 9 nitrogen and oxygen atoms in total. The van der Waals surface area contributed by atoms with Crippen LogP contribution in [0.25, 0.3) is 5.65 Å². The summed E-state index contributed by atoms with van der Waals surface area (Å²) < 4.78 is 28.2. The van der Waals surface area contributed by atoms with E-state index in [1.165, 1.54) is 18.3 Å². The highest BCUT2D eigenvalue weighted by Crippen LogP contribution is 2.17. The minimum atomic E-state index is -1.01. The second-order valence-electron chi connectivity index (χ2n) is 5.58. The summed E-state index contributed by atoms with van der Waals surface area (Å²) in [6.45, 7) is -0.197. The predicted molar refractivity (Wildman–Crippen MR) is 95.3 cm³/mol. The van der Waals surface area contributed by atoms with Crippen molar-refractivity contribution in [2.24, 2.45) is 0 Å². The number of carbonyl (C=O) groups is 1. The molecule has 144 valence electrons. The van der Waals surface area contributed by atoms with Gasteiger partial charge < -0.3 is 10.6 Å². The number of nitrogens with one attached hydrogen (secondary N) is 2. The summed E-state index contributed by atoms with van der Waals surface area (Å²) in [6.07, 6.45) is 1.35. The number of pyridine rings is 1. The van der Waals surface area contributed by atoms with Gasteiger partial charge in [0, 0.05) is 19.3 Å². The Morgan fingerprint density at radius 1 is 1.14 bits per heavy atom. The van der Waals surface area contributed by atoms with Crippen molar-refractivity contribution in [3.05, 3.63) is 80.3 Å². The number of amides is 1. The molecule has 28 heavy (non-hydrogen) atoms. The van der Waals surface area contributed by atoms with Crippen LogP contribution >= 0.6 is 0 Å². The number of halogens is 2. The van der Waals surface area contributed by atoms with Crippen LogP contribution in [0.1, 0.15) is 10.4 Å². The number of benzene rings is 1. The summed E-state index contributed by atoms with van der Waals surface area (Å²) in [7, 11) is 0. The minimum Gasteiger partial charge on any atom is -0.362 e. The molecule has 3 rings (SSSR count). The molecule has 0 spiro atoms. The van der Waals surface area contributed by atoms with E-state index >= 15 is 0 Å². The minimum absolute atomic E-state index is 0.0713. The van der Waals surface area contributed by atoms with Crippen molar-refractivity contribution in [1.29, 1.82) is 0 Å². The van der Waals surface area contributed by atoms with Crippen LogP contribution in [0.5, 0.6) is 0 Å². The Kier molecular flexibility index (Phi) is 5.25. The van der Waals surface area contributed by atoms with E-state index in [2.05, 4.69) is 15.6 Å². The standard InChI is InChI=1S/C17H13F2N5O4/c18-10-4-3-5-11(19)13(10)16(25)21-8-7-20-15-14(24(27)28)17(26)23-9-2-1-6-12(23)22-15/h1-6,9,20H,7-8H2,(H,21,25). The number of nitro groups is 1. The van der Waals surface area contributed by atoms with Gasteiger partial charge in [0.25, 0.3) is 5.91 Å². The number of hydrogen-bond donors (Lipinski definition) is 2. The quantitative estimate of drug-likeness (QED) is 0.376. The summed E-state index contributed by atoms with van der Waals surface area (Å²) in [5, 5.41) is 16.1. The zero-order valence-electron chi connectivity index (χ0n) is 14.2. The molecule has 0 saturated carbocycles. The molecule has 0 fully saturated rings. The average molecular weight is 389 g/mol. The van der Waals surface area contributed by atoms with Crippen LogP contribution in [0.2, 0.25) is 0 Å². The highest BCUT2D eigenvalue weighted by atomic mass is 19.1. The maximum atomic E-state index is 13.6. The van der Waals surface area contributed by atoms with Gasteiger partial charge in [-0.05, 0) is 24.3 Å². The fraction of sp³-hybridized carbons (Fsp3) is 0.118. The average Bonchev–Trinajstić information content (AvgIpc) is 2.65. The summed E-state index contributed by atoms with van der Waals surface area (Å²) in [5.74, 6) is -3.26. The van der Waals surface area contributed by atoms with Crippen LogP contribution in [0.4, 0.5) is 20.3 Å². The third-order valence-corrected chi connectivity index (χ3v) is 3.79. The first-order chi connectivity index (χ1) is 13.4. The second-order valence-corrected chi connectivity index (χ2v) is 5.58. The Balaban J connectivity index is 1.74. The number of carbonyl (C=O) groups excluding carboxylic acids is 1. The van der Waals surface area contributed by atoms with Crippen molar-refractivity contribution in [1.82, 2.24) is 14.7 Å². The topological polar surface area (TPSA) is 119 Å². The first-order valence-electron chi connectivity index (χ1n) is 8.02. The highest BCUT2D eigenvalue weighted by Gasteiger charge is 2.23. The summed E-state index contributed by atoms with van der Waals surface area (Å²) in [4.78, 5) is 38.6. The van der Waals surface area contributed by atoms with Crippen LogP contribution in [0.3, 0.4) is 0 Å². The molecule has 0 atom stereocenters. The first-order valence-corrected chi connectivity index (χ1v) is 8.02. The molecule has 0 aliphatic heterocycles. The van der Waals surface area contributed by atoms with Gasteiger partial charge in [0.15, 0.2) is 0 Å². The number of nitrogens with zero attached hydrogens (tertiary/aromatic N) is 3. The smallest absolute Gasteiger partial charge is 0.362 e. The first kappa shape index (κ1) is 18.9. The largest absolute Gasteiger partial charge is 0.376 e. The second kappa shape index (κ2) is 7.78. The third kappa shape index (κ3) is 3.63. The Morgan fingerprint density at radius 2 is 1.86 bits per heavy atom. The van der Waals surface area contributed by atoms with Gasteiger partial charge >= 0.3 is 11.2 Å². The molecule has 0 radical (unpaired) electrons. The van der Waals surface area contributed by atoms with Crippen LogP contribution in [-0.4, -0.2) is 33.3 Å². The molecule has 2 aromatic heterocycles. The fourth-order valence-electron chi connectivity index (χ4n) is 2.53. The van der Waals surface area contributed by atoms with Crippen molar-refractivity contribution in [2.75, 3.05) is 18.4 Å². The van der Waals surface area contributed by atoms with Gasteiger partial charge in [-0.25, -0.2) is 13.8 Å². The number of hydrogen-bond acceptors (Lipinski definition) is 6. The summed E-state index contributed by atoms with van der Waals surface area (Å²) >= 11 is 0. The lowest BCUT2D eigenvalue weighted by atomic mass is 10.2. The van der Waals surface area contributed by atoms with Gasteiger partial charge in [0.2, 0.25) is 5.82 Å². The van der Waals surface area contributed by atoms with E-state index in [4.69, 9.17) is 0 Å². The molecular weight excluding hydrogens is 376 g/mol. The maximum Gasteiger partial charge on any atom is 0.376 e. The predicted octanol–water partition coefficient (Wildman–Crippen LogP) is 1.72. The van der Waals surface area contributed by atoms with Crippen LogP contribution in [0, 0.1) is 21.7 Å². The van der Waals surface area contributed by atoms with E-state index in [0.717, 1.165) is 22.6 Å². The summed E-state index contributed by atoms with van der Waals surface area (Å²) in [5.41, 5.74) is -2.15. The van der Waals surface area contributed by atoms with E-state index in [-0.39, 0.29) is 24.6 Å². The SMILES string of the molecule is O=C(NCCNc1nc2ccccn2c(=O)c1[N+](=O)[O-])c1c(F)cccc1F. The molecule has 2 heterocycles. The van der Waals surface area contributed by atoms with E-state index in [0.29, 0.717) is 0 Å². The molecule has 0 aliphatic carbocycles. The van der Waals surface area contributed by atoms with E-state index in [1.807, 2.05) is 0 Å². The van der Waals surface area contributed by atoms with Crippen LogP contribution in [0.15, 0.2) is 47.4 Å². The lowest BCUT2D eigenvalue weighted by Crippen LogP contribution is -2.31. The summed E-state index contributed by atoms with van der Waals surface area (Å²) in [6, 6.07) is 7.67. The Labute approximate surface area is 155 Å². The van der Waals surface area contributed by atoms with E-state index in [9.17, 15) is 28.5 Å². The molecule has 0 bridgehead atoms. The van der Waals surface area contributed by atoms with Crippen molar-refractivity contribution in [3.8, 4) is 0 Å². The molecule has 2 N–H and O–H groups in total. The Morgan fingerprint density at radius 3 is 2.54 bits per heavy atom. The van der Waals surface area contributed by atoms with Gasteiger partial charge in [-0.15, -0.1) is 0 Å². The molecule has 0 unspecified atom stereocenters. The van der Waals surface area contributed by atoms with Crippen molar-refractivity contribution in [2.45, 2.75) is 0 Å². The Hall–Kier alpha value is -3.89. The lowest BCUT2D eigenvalue weighted by molar-refractivity contribution is -0.385. The number of fused-ring (bicyclic) bond motifs is 1. The molecular formula is C17H13F2N5O4. The molecule has 1 aromatic carbocycles. The monoisotopic (exact) mass is 389 g/mol. The van der Waals surface area contributed by atoms with Crippen molar-refractivity contribution >= 4 is 23.1 Å². The van der Waals surface area contributed by atoms with Gasteiger partial charge in [0.05, 0.1) is 4.92 Å². The zero-order chi connectivity index (χ0) is 20.3. The number of aromatic nitrogens is 2. The zero-order valence-corrected chi connectivity index (χ0v) is 14.2. The normalized spacial score (nSPS) is 10.6.